The number of ether oxygens (including phenoxy) is 1. The van der Waals surface area contributed by atoms with Gasteiger partial charge in [0.05, 0.1) is 12.2 Å². The maximum absolute atomic E-state index is 12.0. The number of hydrogen-bond acceptors (Lipinski definition) is 7. The molecule has 122 valence electrons. The smallest absolute Gasteiger partial charge is 0.342 e. The Kier molecular flexibility index (Phi) is 4.60. The molecule has 0 amide bonds. The predicted molar refractivity (Wildman–Crippen MR) is 78.7 cm³/mol. The third-order valence-electron chi connectivity index (χ3n) is 2.58. The summed E-state index contributed by atoms with van der Waals surface area (Å²) in [6, 6.07) is 5.37. The van der Waals surface area contributed by atoms with Crippen LogP contribution < -0.4 is 16.0 Å². The monoisotopic (exact) mass is 340 g/mol. The standard InChI is InChI=1S/C12H12N4O6S/c1-2-22-11(18)7-3-5-8(6-4-7)16-23(20,21)10-9(17)13-12(19)15-14-10/h3-6,16H,2H2,1H3,(H2,13,15,17,19). The first-order valence-electron chi connectivity index (χ1n) is 6.32. The number of benzene rings is 1. The minimum absolute atomic E-state index is 0.102. The van der Waals surface area contributed by atoms with E-state index in [1.54, 1.807) is 11.9 Å². The molecule has 0 aliphatic carbocycles. The van der Waals surface area contributed by atoms with Crippen molar-refractivity contribution in [2.75, 3.05) is 11.3 Å². The van der Waals surface area contributed by atoms with Gasteiger partial charge in [-0.1, -0.05) is 0 Å². The number of rotatable bonds is 5. The number of nitrogens with one attached hydrogen (secondary N) is 3. The molecule has 0 aliphatic heterocycles. The molecule has 1 aromatic carbocycles. The van der Waals surface area contributed by atoms with Crippen molar-refractivity contribution >= 4 is 21.7 Å². The van der Waals surface area contributed by atoms with Gasteiger partial charge in [0.25, 0.3) is 20.6 Å². The second kappa shape index (κ2) is 6.44. The van der Waals surface area contributed by atoms with E-state index in [0.29, 0.717) is 0 Å². The number of anilines is 1. The van der Waals surface area contributed by atoms with Crippen LogP contribution in [0.25, 0.3) is 0 Å². The third-order valence-corrected chi connectivity index (χ3v) is 3.87. The van der Waals surface area contributed by atoms with E-state index < -0.39 is 32.3 Å². The fraction of sp³-hybridized carbons (Fsp3) is 0.167. The van der Waals surface area contributed by atoms with Gasteiger partial charge in [-0.15, -0.1) is 0 Å². The normalized spacial score (nSPS) is 11.0. The van der Waals surface area contributed by atoms with Gasteiger partial charge in [-0.3, -0.25) is 14.5 Å². The fourth-order valence-corrected chi connectivity index (χ4v) is 2.62. The molecular formula is C12H12N4O6S. The molecule has 10 nitrogen and oxygen atoms in total. The molecule has 1 aromatic heterocycles. The molecule has 0 spiro atoms. The molecule has 11 heteroatoms. The van der Waals surface area contributed by atoms with Crippen LogP contribution in [0.5, 0.6) is 0 Å². The maximum atomic E-state index is 12.0. The van der Waals surface area contributed by atoms with Crippen LogP contribution >= 0.6 is 0 Å². The zero-order valence-electron chi connectivity index (χ0n) is 11.8. The number of sulfonamides is 1. The number of aromatic nitrogens is 3. The first kappa shape index (κ1) is 16.4. The van der Waals surface area contributed by atoms with Crippen molar-refractivity contribution in [3.63, 3.8) is 0 Å². The molecule has 0 fully saturated rings. The summed E-state index contributed by atoms with van der Waals surface area (Å²) in [5.74, 6) is -0.541. The number of aromatic amines is 2. The lowest BCUT2D eigenvalue weighted by molar-refractivity contribution is 0.0526. The van der Waals surface area contributed by atoms with Crippen LogP contribution in [0.4, 0.5) is 5.69 Å². The zero-order chi connectivity index (χ0) is 17.0. The number of esters is 1. The van der Waals surface area contributed by atoms with Gasteiger partial charge in [0, 0.05) is 5.69 Å². The second-order valence-corrected chi connectivity index (χ2v) is 5.81. The lowest BCUT2D eigenvalue weighted by Gasteiger charge is -2.07. The molecule has 0 bridgehead atoms. The molecule has 23 heavy (non-hydrogen) atoms. The number of nitrogens with zero attached hydrogens (tertiary/aromatic N) is 1. The van der Waals surface area contributed by atoms with Crippen LogP contribution in [0.15, 0.2) is 38.9 Å². The molecule has 0 unspecified atom stereocenters. The highest BCUT2D eigenvalue weighted by Crippen LogP contribution is 2.14. The topological polar surface area (TPSA) is 151 Å². The fourth-order valence-electron chi connectivity index (χ4n) is 1.61. The molecule has 2 aromatic rings. The lowest BCUT2D eigenvalue weighted by Crippen LogP contribution is -2.31. The van der Waals surface area contributed by atoms with Crippen molar-refractivity contribution in [1.82, 2.24) is 15.2 Å². The van der Waals surface area contributed by atoms with Crippen molar-refractivity contribution in [1.29, 1.82) is 0 Å². The molecule has 0 aliphatic rings. The SMILES string of the molecule is CCOC(=O)c1ccc(NS(=O)(=O)c2n[nH]c(=O)[nH]c2=O)cc1. The quantitative estimate of drug-likeness (QED) is 0.617. The van der Waals surface area contributed by atoms with Gasteiger partial charge in [-0.25, -0.2) is 14.7 Å². The Morgan fingerprint density at radius 3 is 2.48 bits per heavy atom. The van der Waals surface area contributed by atoms with Gasteiger partial charge in [0.1, 0.15) is 0 Å². The molecule has 0 saturated heterocycles. The number of carbonyl (C=O) groups is 1. The Balaban J connectivity index is 2.25. The number of hydrogen-bond donors (Lipinski definition) is 3. The summed E-state index contributed by atoms with van der Waals surface area (Å²) in [5, 5.41) is 4.16. The van der Waals surface area contributed by atoms with Crippen LogP contribution in [0.1, 0.15) is 17.3 Å². The molecule has 0 radical (unpaired) electrons. The molecule has 3 N–H and O–H groups in total. The van der Waals surface area contributed by atoms with Crippen molar-refractivity contribution in [2.45, 2.75) is 11.9 Å². The molecule has 0 saturated carbocycles. The van der Waals surface area contributed by atoms with Gasteiger partial charge in [0.2, 0.25) is 0 Å². The number of H-pyrrole nitrogens is 2. The maximum Gasteiger partial charge on any atom is 0.342 e. The van der Waals surface area contributed by atoms with Gasteiger partial charge >= 0.3 is 11.7 Å². The summed E-state index contributed by atoms with van der Waals surface area (Å²) < 4.78 is 31.0. The minimum atomic E-state index is -4.30. The lowest BCUT2D eigenvalue weighted by atomic mass is 10.2. The van der Waals surface area contributed by atoms with E-state index in [9.17, 15) is 22.8 Å². The predicted octanol–water partition coefficient (Wildman–Crippen LogP) is -0.564. The van der Waals surface area contributed by atoms with E-state index >= 15 is 0 Å². The Hall–Kier alpha value is -2.95. The highest BCUT2D eigenvalue weighted by molar-refractivity contribution is 7.92. The second-order valence-electron chi connectivity index (χ2n) is 4.22. The van der Waals surface area contributed by atoms with Gasteiger partial charge in [-0.2, -0.15) is 13.5 Å². The highest BCUT2D eigenvalue weighted by atomic mass is 32.2. The van der Waals surface area contributed by atoms with Gasteiger partial charge < -0.3 is 4.74 Å². The van der Waals surface area contributed by atoms with Crippen LogP contribution in [-0.2, 0) is 14.8 Å². The summed E-state index contributed by atoms with van der Waals surface area (Å²) in [5.41, 5.74) is -1.72. The molecule has 1 heterocycles. The number of carbonyl (C=O) groups excluding carboxylic acids is 1. The first-order valence-corrected chi connectivity index (χ1v) is 7.81. The van der Waals surface area contributed by atoms with Crippen LogP contribution in [0, 0.1) is 0 Å². The van der Waals surface area contributed by atoms with Gasteiger partial charge in [-0.05, 0) is 31.2 Å². The Bertz CT molecular complexity index is 929. The van der Waals surface area contributed by atoms with E-state index in [-0.39, 0.29) is 17.9 Å². The van der Waals surface area contributed by atoms with E-state index in [1.165, 1.54) is 24.3 Å². The summed E-state index contributed by atoms with van der Waals surface area (Å²) in [6.07, 6.45) is 0. The van der Waals surface area contributed by atoms with E-state index in [0.717, 1.165) is 0 Å². The van der Waals surface area contributed by atoms with Crippen LogP contribution in [0.3, 0.4) is 0 Å². The average molecular weight is 340 g/mol. The zero-order valence-corrected chi connectivity index (χ0v) is 12.6. The van der Waals surface area contributed by atoms with E-state index in [2.05, 4.69) is 9.82 Å². The van der Waals surface area contributed by atoms with Crippen molar-refractivity contribution in [3.8, 4) is 0 Å². The largest absolute Gasteiger partial charge is 0.462 e. The van der Waals surface area contributed by atoms with Crippen molar-refractivity contribution < 1.29 is 17.9 Å². The van der Waals surface area contributed by atoms with Crippen molar-refractivity contribution in [2.24, 2.45) is 0 Å². The Labute approximate surface area is 129 Å². The highest BCUT2D eigenvalue weighted by Gasteiger charge is 2.21. The summed E-state index contributed by atoms with van der Waals surface area (Å²) in [6.45, 7) is 1.88. The van der Waals surface area contributed by atoms with E-state index in [1.807, 2.05) is 5.10 Å². The Morgan fingerprint density at radius 2 is 1.91 bits per heavy atom. The van der Waals surface area contributed by atoms with Crippen molar-refractivity contribution in [3.05, 3.63) is 50.7 Å². The summed E-state index contributed by atoms with van der Waals surface area (Å²) in [7, 11) is -4.30. The average Bonchev–Trinajstić information content (AvgIpc) is 2.47. The van der Waals surface area contributed by atoms with Crippen LogP contribution in [-0.4, -0.2) is 36.2 Å². The minimum Gasteiger partial charge on any atom is -0.462 e. The molecule has 2 rings (SSSR count). The summed E-state index contributed by atoms with van der Waals surface area (Å²) in [4.78, 5) is 35.6. The van der Waals surface area contributed by atoms with Crippen LogP contribution in [0.2, 0.25) is 0 Å². The first-order chi connectivity index (χ1) is 10.8. The summed E-state index contributed by atoms with van der Waals surface area (Å²) >= 11 is 0. The van der Waals surface area contributed by atoms with E-state index in [4.69, 9.17) is 4.74 Å². The molecule has 0 atom stereocenters. The molecular weight excluding hydrogens is 328 g/mol. The Morgan fingerprint density at radius 1 is 1.26 bits per heavy atom. The van der Waals surface area contributed by atoms with Gasteiger partial charge in [0.15, 0.2) is 0 Å². The third kappa shape index (κ3) is 3.83.